The summed E-state index contributed by atoms with van der Waals surface area (Å²) >= 11 is 0. The average Bonchev–Trinajstić information content (AvgIpc) is 3.02. The Morgan fingerprint density at radius 1 is 1.22 bits per heavy atom. The quantitative estimate of drug-likeness (QED) is 0.289. The van der Waals surface area contributed by atoms with E-state index in [9.17, 15) is 0 Å². The standard InChI is InChI=1S/C17H24N4O.HI/c1-2-3-4-8-11-19-17(18)20-12-15-13-22-16(21-15)14-9-6-5-7-10-14;/h5-7,9-10,13H,2-4,8,11-12H2,1H3,(H3,18,19,20);1H. The average molecular weight is 428 g/mol. The van der Waals surface area contributed by atoms with E-state index in [0.717, 1.165) is 24.2 Å². The third-order valence-corrected chi connectivity index (χ3v) is 3.32. The van der Waals surface area contributed by atoms with Crippen LogP contribution in [0.5, 0.6) is 0 Å². The van der Waals surface area contributed by atoms with Gasteiger partial charge >= 0.3 is 0 Å². The monoisotopic (exact) mass is 428 g/mol. The molecule has 2 rings (SSSR count). The smallest absolute Gasteiger partial charge is 0.226 e. The number of aromatic nitrogens is 1. The number of rotatable bonds is 8. The molecule has 0 aliphatic heterocycles. The van der Waals surface area contributed by atoms with Crippen LogP contribution >= 0.6 is 24.0 Å². The van der Waals surface area contributed by atoms with Crippen molar-refractivity contribution >= 4 is 29.9 Å². The Morgan fingerprint density at radius 2 is 2.00 bits per heavy atom. The molecule has 0 unspecified atom stereocenters. The molecule has 6 heteroatoms. The number of nitrogens with two attached hydrogens (primary N) is 1. The zero-order chi connectivity index (χ0) is 15.6. The van der Waals surface area contributed by atoms with E-state index in [1.807, 2.05) is 30.3 Å². The van der Waals surface area contributed by atoms with Crippen molar-refractivity contribution in [1.82, 2.24) is 10.3 Å². The van der Waals surface area contributed by atoms with Crippen LogP contribution in [-0.4, -0.2) is 17.5 Å². The van der Waals surface area contributed by atoms with Crippen LogP contribution in [0.2, 0.25) is 0 Å². The second kappa shape index (κ2) is 11.0. The van der Waals surface area contributed by atoms with Gasteiger partial charge in [0.2, 0.25) is 5.89 Å². The molecule has 0 spiro atoms. The Balaban J connectivity index is 0.00000264. The van der Waals surface area contributed by atoms with Crippen molar-refractivity contribution in [2.75, 3.05) is 6.54 Å². The molecule has 0 atom stereocenters. The molecule has 1 aromatic carbocycles. The van der Waals surface area contributed by atoms with Gasteiger partial charge in [-0.25, -0.2) is 9.98 Å². The summed E-state index contributed by atoms with van der Waals surface area (Å²) in [5, 5.41) is 3.12. The summed E-state index contributed by atoms with van der Waals surface area (Å²) in [5.41, 5.74) is 7.57. The van der Waals surface area contributed by atoms with E-state index in [1.165, 1.54) is 19.3 Å². The summed E-state index contributed by atoms with van der Waals surface area (Å²) in [4.78, 5) is 8.70. The Morgan fingerprint density at radius 3 is 2.74 bits per heavy atom. The fraction of sp³-hybridized carbons (Fsp3) is 0.412. The molecule has 2 aromatic rings. The Bertz CT molecular complexity index is 583. The molecule has 126 valence electrons. The number of benzene rings is 1. The minimum Gasteiger partial charge on any atom is -0.444 e. The highest BCUT2D eigenvalue weighted by molar-refractivity contribution is 14.0. The lowest BCUT2D eigenvalue weighted by atomic mass is 10.2. The third kappa shape index (κ3) is 7.02. The highest BCUT2D eigenvalue weighted by Gasteiger charge is 2.05. The second-order valence-electron chi connectivity index (χ2n) is 5.20. The zero-order valence-electron chi connectivity index (χ0n) is 13.5. The van der Waals surface area contributed by atoms with Gasteiger partial charge in [0.15, 0.2) is 5.96 Å². The van der Waals surface area contributed by atoms with Crippen LogP contribution in [-0.2, 0) is 6.54 Å². The maximum Gasteiger partial charge on any atom is 0.226 e. The van der Waals surface area contributed by atoms with Crippen LogP contribution in [0, 0.1) is 0 Å². The van der Waals surface area contributed by atoms with E-state index in [1.54, 1.807) is 6.26 Å². The molecule has 1 aromatic heterocycles. The van der Waals surface area contributed by atoms with Gasteiger partial charge in [-0.2, -0.15) is 0 Å². The number of nitrogens with one attached hydrogen (secondary N) is 1. The van der Waals surface area contributed by atoms with Crippen molar-refractivity contribution in [3.63, 3.8) is 0 Å². The maximum absolute atomic E-state index is 5.83. The molecule has 0 radical (unpaired) electrons. The van der Waals surface area contributed by atoms with Gasteiger partial charge in [-0.05, 0) is 18.6 Å². The van der Waals surface area contributed by atoms with E-state index in [2.05, 4.69) is 22.2 Å². The van der Waals surface area contributed by atoms with Crippen molar-refractivity contribution < 1.29 is 4.42 Å². The summed E-state index contributed by atoms with van der Waals surface area (Å²) < 4.78 is 5.47. The molecule has 0 amide bonds. The van der Waals surface area contributed by atoms with Crippen LogP contribution in [0.1, 0.15) is 38.3 Å². The number of aliphatic imine (C=N–C) groups is 1. The SMILES string of the molecule is CCCCCCNC(N)=NCc1coc(-c2ccccc2)n1.I. The van der Waals surface area contributed by atoms with Crippen LogP contribution in [0.15, 0.2) is 46.0 Å². The maximum atomic E-state index is 5.83. The third-order valence-electron chi connectivity index (χ3n) is 3.32. The van der Waals surface area contributed by atoms with Gasteiger partial charge in [0.1, 0.15) is 12.0 Å². The lowest BCUT2D eigenvalue weighted by Gasteiger charge is -2.04. The molecule has 5 nitrogen and oxygen atoms in total. The molecule has 0 aliphatic rings. The molecule has 0 saturated heterocycles. The summed E-state index contributed by atoms with van der Waals surface area (Å²) in [6.45, 7) is 3.48. The molecule has 0 aliphatic carbocycles. The van der Waals surface area contributed by atoms with Crippen molar-refractivity contribution in [2.24, 2.45) is 10.7 Å². The lowest BCUT2D eigenvalue weighted by molar-refractivity contribution is 0.572. The minimum absolute atomic E-state index is 0. The Hall–Kier alpha value is -1.57. The number of hydrogen-bond acceptors (Lipinski definition) is 3. The zero-order valence-corrected chi connectivity index (χ0v) is 15.8. The lowest BCUT2D eigenvalue weighted by Crippen LogP contribution is -2.32. The first-order valence-electron chi connectivity index (χ1n) is 7.83. The molecule has 23 heavy (non-hydrogen) atoms. The summed E-state index contributed by atoms with van der Waals surface area (Å²) in [5.74, 6) is 1.07. The van der Waals surface area contributed by atoms with Crippen LogP contribution in [0.4, 0.5) is 0 Å². The number of hydrogen-bond donors (Lipinski definition) is 2. The number of nitrogens with zero attached hydrogens (tertiary/aromatic N) is 2. The fourth-order valence-corrected chi connectivity index (χ4v) is 2.08. The van der Waals surface area contributed by atoms with Gasteiger partial charge in [0.25, 0.3) is 0 Å². The molecule has 3 N–H and O–H groups in total. The van der Waals surface area contributed by atoms with Crippen molar-refractivity contribution in [1.29, 1.82) is 0 Å². The van der Waals surface area contributed by atoms with Crippen LogP contribution in [0.25, 0.3) is 11.5 Å². The Labute approximate surface area is 154 Å². The van der Waals surface area contributed by atoms with Gasteiger partial charge < -0.3 is 15.5 Å². The summed E-state index contributed by atoms with van der Waals surface area (Å²) in [6, 6.07) is 9.80. The second-order valence-corrected chi connectivity index (χ2v) is 5.20. The fourth-order valence-electron chi connectivity index (χ4n) is 2.08. The predicted molar refractivity (Wildman–Crippen MR) is 105 cm³/mol. The van der Waals surface area contributed by atoms with E-state index in [-0.39, 0.29) is 24.0 Å². The molecular weight excluding hydrogens is 403 g/mol. The van der Waals surface area contributed by atoms with Gasteiger partial charge in [0, 0.05) is 12.1 Å². The number of oxazole rings is 1. The first-order chi connectivity index (χ1) is 10.8. The first-order valence-corrected chi connectivity index (χ1v) is 7.83. The van der Waals surface area contributed by atoms with E-state index in [4.69, 9.17) is 10.2 Å². The highest BCUT2D eigenvalue weighted by atomic mass is 127. The molecule has 0 saturated carbocycles. The normalized spacial score (nSPS) is 11.1. The van der Waals surface area contributed by atoms with Crippen LogP contribution < -0.4 is 11.1 Å². The molecular formula is C17H25IN4O. The molecule has 0 bridgehead atoms. The summed E-state index contributed by atoms with van der Waals surface area (Å²) in [7, 11) is 0. The van der Waals surface area contributed by atoms with Crippen LogP contribution in [0.3, 0.4) is 0 Å². The van der Waals surface area contributed by atoms with Crippen molar-refractivity contribution in [3.05, 3.63) is 42.3 Å². The van der Waals surface area contributed by atoms with Gasteiger partial charge in [-0.15, -0.1) is 24.0 Å². The number of halogens is 1. The van der Waals surface area contributed by atoms with Crippen molar-refractivity contribution in [3.8, 4) is 11.5 Å². The van der Waals surface area contributed by atoms with Gasteiger partial charge in [-0.3, -0.25) is 0 Å². The minimum atomic E-state index is 0. The number of guanidine groups is 1. The molecule has 1 heterocycles. The largest absolute Gasteiger partial charge is 0.444 e. The topological polar surface area (TPSA) is 76.4 Å². The predicted octanol–water partition coefficient (Wildman–Crippen LogP) is 3.94. The highest BCUT2D eigenvalue weighted by Crippen LogP contribution is 2.18. The van der Waals surface area contributed by atoms with E-state index < -0.39 is 0 Å². The van der Waals surface area contributed by atoms with Gasteiger partial charge in [0.05, 0.1) is 6.54 Å². The van der Waals surface area contributed by atoms with E-state index in [0.29, 0.717) is 18.4 Å². The first kappa shape index (κ1) is 19.5. The Kier molecular flexibility index (Phi) is 9.35. The summed E-state index contributed by atoms with van der Waals surface area (Å²) in [6.07, 6.45) is 6.46. The number of unbranched alkanes of at least 4 members (excludes halogenated alkanes) is 3. The van der Waals surface area contributed by atoms with Gasteiger partial charge in [-0.1, -0.05) is 44.4 Å². The van der Waals surface area contributed by atoms with Crippen molar-refractivity contribution in [2.45, 2.75) is 39.2 Å². The van der Waals surface area contributed by atoms with E-state index >= 15 is 0 Å². The molecule has 0 fully saturated rings.